The fourth-order valence-electron chi connectivity index (χ4n) is 0.490. The zero-order chi connectivity index (χ0) is 7.98. The van der Waals surface area contributed by atoms with Gasteiger partial charge in [0.25, 0.3) is 0 Å². The smallest absolute Gasteiger partial charge is 0.333 e. The van der Waals surface area contributed by atoms with Crippen molar-refractivity contribution in [1.82, 2.24) is 0 Å². The molecule has 0 saturated carbocycles. The average molecular weight is 140 g/mol. The fraction of sp³-hybridized carbons (Fsp3) is 0.375. The van der Waals surface area contributed by atoms with Crippen LogP contribution >= 0.6 is 0 Å². The zero-order valence-corrected chi connectivity index (χ0v) is 6.39. The molecule has 0 rings (SSSR count). The number of rotatable bonds is 3. The van der Waals surface area contributed by atoms with Crippen molar-refractivity contribution in [3.8, 4) is 0 Å². The Labute approximate surface area is 61.2 Å². The molecular formula is C8H12O2. The van der Waals surface area contributed by atoms with Gasteiger partial charge in [-0.1, -0.05) is 18.7 Å². The van der Waals surface area contributed by atoms with E-state index in [0.29, 0.717) is 12.2 Å². The van der Waals surface area contributed by atoms with E-state index in [9.17, 15) is 4.79 Å². The van der Waals surface area contributed by atoms with Gasteiger partial charge in [-0.15, -0.1) is 0 Å². The fourth-order valence-corrected chi connectivity index (χ4v) is 0.490. The number of hydrogen-bond acceptors (Lipinski definition) is 2. The number of carbonyl (C=O) groups excluding carboxylic acids is 1. The Balaban J connectivity index is 3.93. The van der Waals surface area contributed by atoms with Crippen LogP contribution in [0, 0.1) is 0 Å². The third-order valence-corrected chi connectivity index (χ3v) is 0.965. The predicted octanol–water partition coefficient (Wildman–Crippen LogP) is 1.68. The maximum Gasteiger partial charge on any atom is 0.333 e. The van der Waals surface area contributed by atoms with Crippen LogP contribution in [0.15, 0.2) is 24.3 Å². The quantitative estimate of drug-likeness (QED) is 0.338. The van der Waals surface area contributed by atoms with Gasteiger partial charge in [0.1, 0.15) is 0 Å². The standard InChI is InChI=1S/C8H12O2/c1-4-6-7(3)8(9)10-5-2/h4,6H,1,5H2,2-3H3/b7-6-. The molecule has 2 nitrogen and oxygen atoms in total. The van der Waals surface area contributed by atoms with Crippen LogP contribution < -0.4 is 0 Å². The molecule has 0 bridgehead atoms. The Morgan fingerprint density at radius 3 is 2.70 bits per heavy atom. The van der Waals surface area contributed by atoms with Crippen LogP contribution in [0.4, 0.5) is 0 Å². The average Bonchev–Trinajstić information content (AvgIpc) is 1.89. The van der Waals surface area contributed by atoms with Crippen LogP contribution in [0.3, 0.4) is 0 Å². The monoisotopic (exact) mass is 140 g/mol. The largest absolute Gasteiger partial charge is 0.463 e. The van der Waals surface area contributed by atoms with E-state index in [2.05, 4.69) is 6.58 Å². The van der Waals surface area contributed by atoms with Gasteiger partial charge in [-0.2, -0.15) is 0 Å². The molecule has 0 N–H and O–H groups in total. The molecule has 0 radical (unpaired) electrons. The van der Waals surface area contributed by atoms with Crippen molar-refractivity contribution in [2.24, 2.45) is 0 Å². The van der Waals surface area contributed by atoms with E-state index in [4.69, 9.17) is 4.74 Å². The summed E-state index contributed by atoms with van der Waals surface area (Å²) >= 11 is 0. The lowest BCUT2D eigenvalue weighted by atomic mass is 10.3. The summed E-state index contributed by atoms with van der Waals surface area (Å²) in [6.07, 6.45) is 3.18. The topological polar surface area (TPSA) is 26.3 Å². The predicted molar refractivity (Wildman–Crippen MR) is 40.6 cm³/mol. The molecule has 0 aromatic rings. The van der Waals surface area contributed by atoms with E-state index in [1.807, 2.05) is 0 Å². The highest BCUT2D eigenvalue weighted by atomic mass is 16.5. The first-order valence-corrected chi connectivity index (χ1v) is 3.18. The van der Waals surface area contributed by atoms with Crippen molar-refractivity contribution >= 4 is 5.97 Å². The van der Waals surface area contributed by atoms with Gasteiger partial charge in [0.2, 0.25) is 0 Å². The van der Waals surface area contributed by atoms with Gasteiger partial charge in [-0.05, 0) is 13.8 Å². The van der Waals surface area contributed by atoms with Crippen LogP contribution in [0.1, 0.15) is 13.8 Å². The number of esters is 1. The first-order valence-electron chi connectivity index (χ1n) is 3.18. The Morgan fingerprint density at radius 2 is 2.30 bits per heavy atom. The highest BCUT2D eigenvalue weighted by Gasteiger charge is 2.00. The van der Waals surface area contributed by atoms with E-state index in [1.165, 1.54) is 0 Å². The maximum absolute atomic E-state index is 10.8. The lowest BCUT2D eigenvalue weighted by molar-refractivity contribution is -0.138. The van der Waals surface area contributed by atoms with Crippen molar-refractivity contribution in [2.45, 2.75) is 13.8 Å². The van der Waals surface area contributed by atoms with Crippen LogP contribution in [0.2, 0.25) is 0 Å². The lowest BCUT2D eigenvalue weighted by Crippen LogP contribution is -2.04. The number of hydrogen-bond donors (Lipinski definition) is 0. The molecule has 56 valence electrons. The number of carbonyl (C=O) groups is 1. The van der Waals surface area contributed by atoms with E-state index in [1.54, 1.807) is 26.0 Å². The van der Waals surface area contributed by atoms with Gasteiger partial charge in [-0.25, -0.2) is 4.79 Å². The van der Waals surface area contributed by atoms with Crippen LogP contribution in [0.5, 0.6) is 0 Å². The Kier molecular flexibility index (Phi) is 4.29. The van der Waals surface area contributed by atoms with Gasteiger partial charge in [0, 0.05) is 5.57 Å². The van der Waals surface area contributed by atoms with Crippen molar-refractivity contribution in [1.29, 1.82) is 0 Å². The first-order chi connectivity index (χ1) is 4.72. The maximum atomic E-state index is 10.8. The Morgan fingerprint density at radius 1 is 1.70 bits per heavy atom. The molecule has 0 atom stereocenters. The van der Waals surface area contributed by atoms with E-state index < -0.39 is 0 Å². The van der Waals surface area contributed by atoms with Gasteiger partial charge >= 0.3 is 5.97 Å². The van der Waals surface area contributed by atoms with Gasteiger partial charge in [-0.3, -0.25) is 0 Å². The second-order valence-electron chi connectivity index (χ2n) is 1.81. The third-order valence-electron chi connectivity index (χ3n) is 0.965. The second-order valence-corrected chi connectivity index (χ2v) is 1.81. The molecular weight excluding hydrogens is 128 g/mol. The molecule has 0 aliphatic heterocycles. The molecule has 0 unspecified atom stereocenters. The number of ether oxygens (including phenoxy) is 1. The minimum absolute atomic E-state index is 0.276. The Hall–Kier alpha value is -1.05. The first kappa shape index (κ1) is 8.95. The summed E-state index contributed by atoms with van der Waals surface area (Å²) in [6, 6.07) is 0. The zero-order valence-electron chi connectivity index (χ0n) is 6.39. The second kappa shape index (κ2) is 4.79. The third kappa shape index (κ3) is 3.07. The molecule has 0 heterocycles. The molecule has 0 amide bonds. The minimum Gasteiger partial charge on any atom is -0.463 e. The van der Waals surface area contributed by atoms with Gasteiger partial charge in [0.15, 0.2) is 0 Å². The highest BCUT2D eigenvalue weighted by molar-refractivity contribution is 5.88. The van der Waals surface area contributed by atoms with Crippen molar-refractivity contribution < 1.29 is 9.53 Å². The van der Waals surface area contributed by atoms with Gasteiger partial charge < -0.3 is 4.74 Å². The van der Waals surface area contributed by atoms with Crippen molar-refractivity contribution in [3.05, 3.63) is 24.3 Å². The SMILES string of the molecule is C=C/C=C(/C)C(=O)OCC. The number of allylic oxidation sites excluding steroid dienone is 2. The van der Waals surface area contributed by atoms with E-state index in [0.717, 1.165) is 0 Å². The molecule has 2 heteroatoms. The molecule has 10 heavy (non-hydrogen) atoms. The minimum atomic E-state index is -0.276. The molecule has 0 spiro atoms. The molecule has 0 aliphatic rings. The molecule has 0 fully saturated rings. The highest BCUT2D eigenvalue weighted by Crippen LogP contribution is 1.95. The molecule has 0 aromatic heterocycles. The van der Waals surface area contributed by atoms with E-state index >= 15 is 0 Å². The van der Waals surface area contributed by atoms with Crippen LogP contribution in [0.25, 0.3) is 0 Å². The normalized spacial score (nSPS) is 10.8. The lowest BCUT2D eigenvalue weighted by Gasteiger charge is -1.98. The molecule has 0 saturated heterocycles. The molecule has 0 aliphatic carbocycles. The summed E-state index contributed by atoms with van der Waals surface area (Å²) in [4.78, 5) is 10.8. The summed E-state index contributed by atoms with van der Waals surface area (Å²) in [5.74, 6) is -0.276. The van der Waals surface area contributed by atoms with Crippen LogP contribution in [-0.4, -0.2) is 12.6 Å². The summed E-state index contributed by atoms with van der Waals surface area (Å²) in [6.45, 7) is 7.35. The summed E-state index contributed by atoms with van der Waals surface area (Å²) in [7, 11) is 0. The van der Waals surface area contributed by atoms with E-state index in [-0.39, 0.29) is 5.97 Å². The summed E-state index contributed by atoms with van der Waals surface area (Å²) in [5.41, 5.74) is 0.580. The Bertz CT molecular complexity index is 157. The molecule has 0 aromatic carbocycles. The van der Waals surface area contributed by atoms with Crippen molar-refractivity contribution in [3.63, 3.8) is 0 Å². The van der Waals surface area contributed by atoms with Crippen molar-refractivity contribution in [2.75, 3.05) is 6.61 Å². The van der Waals surface area contributed by atoms with Gasteiger partial charge in [0.05, 0.1) is 6.61 Å². The van der Waals surface area contributed by atoms with Crippen LogP contribution in [-0.2, 0) is 9.53 Å². The summed E-state index contributed by atoms with van der Waals surface area (Å²) in [5, 5.41) is 0. The summed E-state index contributed by atoms with van der Waals surface area (Å²) < 4.78 is 4.70.